The van der Waals surface area contributed by atoms with E-state index < -0.39 is 0 Å². The predicted molar refractivity (Wildman–Crippen MR) is 51.3 cm³/mol. The van der Waals surface area contributed by atoms with Gasteiger partial charge >= 0.3 is 0 Å². The molecule has 6 heavy (non-hydrogen) atoms. The summed E-state index contributed by atoms with van der Waals surface area (Å²) < 4.78 is 0. The second-order valence-corrected chi connectivity index (χ2v) is 0. The number of rotatable bonds is 0. The maximum atomic E-state index is 0. The molecule has 0 saturated heterocycles. The first kappa shape index (κ1) is 234. The molecule has 0 aromatic rings. The molecule has 0 aliphatic rings. The second-order valence-electron chi connectivity index (χ2n) is 0. The third-order valence-corrected chi connectivity index (χ3v) is 0. The molecule has 0 fully saturated rings. The molecular formula is C3H18S3. The van der Waals surface area contributed by atoms with E-state index in [-0.39, 0.29) is 62.8 Å². The molecule has 0 rings (SSSR count). The normalized spacial score (nSPS) is 0. The Morgan fingerprint density at radius 3 is 0.333 bits per heavy atom. The van der Waals surface area contributed by atoms with Gasteiger partial charge in [-0.05, 0) is 0 Å². The Labute approximate surface area is 63.1 Å². The lowest BCUT2D eigenvalue weighted by molar-refractivity contribution is 2.50. The summed E-state index contributed by atoms with van der Waals surface area (Å²) in [5.74, 6) is 0. The lowest BCUT2D eigenvalue weighted by Crippen LogP contribution is 0.143. The van der Waals surface area contributed by atoms with E-state index >= 15 is 0 Å². The van der Waals surface area contributed by atoms with Crippen molar-refractivity contribution < 1.29 is 0 Å². The molecule has 0 aliphatic carbocycles. The van der Waals surface area contributed by atoms with Crippen LogP contribution >= 0.6 is 40.5 Å². The minimum Gasteiger partial charge on any atom is -0.197 e. The smallest absolute Gasteiger partial charge is 0.0776 e. The summed E-state index contributed by atoms with van der Waals surface area (Å²) in [6.45, 7) is 0. The third-order valence-electron chi connectivity index (χ3n) is 0. The fourth-order valence-corrected chi connectivity index (χ4v) is 0. The van der Waals surface area contributed by atoms with Crippen LogP contribution in [0.25, 0.3) is 0 Å². The first-order valence-corrected chi connectivity index (χ1v) is 0. The van der Waals surface area contributed by atoms with Crippen LogP contribution in [-0.2, 0) is 0 Å². The van der Waals surface area contributed by atoms with Gasteiger partial charge in [-0.25, -0.2) is 0 Å². The van der Waals surface area contributed by atoms with Gasteiger partial charge in [0.05, 0.1) is 0 Å². The van der Waals surface area contributed by atoms with Gasteiger partial charge in [-0.1, -0.05) is 22.3 Å². The van der Waals surface area contributed by atoms with Crippen molar-refractivity contribution in [2.24, 2.45) is 0 Å². The van der Waals surface area contributed by atoms with Crippen molar-refractivity contribution in [2.75, 3.05) is 0 Å². The summed E-state index contributed by atoms with van der Waals surface area (Å²) in [4.78, 5) is 0. The van der Waals surface area contributed by atoms with E-state index in [0.29, 0.717) is 0 Å². The molecule has 0 aromatic heterocycles. The molecule has 0 spiro atoms. The van der Waals surface area contributed by atoms with Crippen molar-refractivity contribution in [3.8, 4) is 0 Å². The van der Waals surface area contributed by atoms with Crippen LogP contribution in [0.5, 0.6) is 0 Å². The van der Waals surface area contributed by atoms with Gasteiger partial charge in [0.15, 0.2) is 0 Å². The van der Waals surface area contributed by atoms with Crippen LogP contribution < -0.4 is 0 Å². The highest BCUT2D eigenvalue weighted by atomic mass is 32.1. The van der Waals surface area contributed by atoms with Crippen molar-refractivity contribution in [1.29, 1.82) is 0 Å². The Morgan fingerprint density at radius 2 is 0.333 bits per heavy atom. The standard InChI is InChI=1S/3CH4.3H2S/h3*1H4;3*1H2. The van der Waals surface area contributed by atoms with E-state index in [1.54, 1.807) is 0 Å². The van der Waals surface area contributed by atoms with Crippen LogP contribution in [0, 0.1) is 0 Å². The van der Waals surface area contributed by atoms with Crippen LogP contribution in [0.4, 0.5) is 0 Å². The Morgan fingerprint density at radius 1 is 0.333 bits per heavy atom. The quantitative estimate of drug-likeness (QED) is 0.497. The van der Waals surface area contributed by atoms with E-state index in [0.717, 1.165) is 0 Å². The minimum atomic E-state index is 0. The molecule has 48 valence electrons. The summed E-state index contributed by atoms with van der Waals surface area (Å²) in [5.41, 5.74) is 0. The summed E-state index contributed by atoms with van der Waals surface area (Å²) in [7, 11) is 0. The van der Waals surface area contributed by atoms with Crippen LogP contribution in [0.1, 0.15) is 22.3 Å². The average Bonchev–Trinajstić information content (AvgIpc) is 0. The molecular weight excluding hydrogens is 132 g/mol. The number of hydrogen-bond donors (Lipinski definition) is 0. The monoisotopic (exact) mass is 150 g/mol. The highest BCUT2D eigenvalue weighted by Gasteiger charge is -0.0755. The van der Waals surface area contributed by atoms with Crippen molar-refractivity contribution in [3.63, 3.8) is 0 Å². The molecule has 3 heteroatoms. The average molecular weight is 150 g/mol. The molecule has 0 bridgehead atoms. The van der Waals surface area contributed by atoms with Crippen LogP contribution in [0.3, 0.4) is 0 Å². The van der Waals surface area contributed by atoms with E-state index in [9.17, 15) is 0 Å². The molecule has 0 aliphatic heterocycles. The Kier molecular flexibility index (Phi) is 5460. The number of hydrogen-bond acceptors (Lipinski definition) is 0. The Balaban J connectivity index is 0. The van der Waals surface area contributed by atoms with Crippen molar-refractivity contribution >= 4 is 40.5 Å². The SMILES string of the molecule is C.C.C.S.S.S. The van der Waals surface area contributed by atoms with Crippen LogP contribution in [-0.4, -0.2) is 0 Å². The third kappa shape index (κ3) is 75.1. The zero-order valence-electron chi connectivity index (χ0n) is 1.50. The first-order valence-electron chi connectivity index (χ1n) is 0. The molecule has 0 unspecified atom stereocenters. The highest BCUT2D eigenvalue weighted by molar-refractivity contribution is 7.59. The first-order chi connectivity index (χ1) is 0. The van der Waals surface area contributed by atoms with Crippen LogP contribution in [0.2, 0.25) is 0 Å². The molecule has 0 aromatic carbocycles. The molecule has 0 N–H and O–H groups in total. The zero-order chi connectivity index (χ0) is 0. The fourth-order valence-electron chi connectivity index (χ4n) is 0. The summed E-state index contributed by atoms with van der Waals surface area (Å²) in [5, 5.41) is 0. The lowest BCUT2D eigenvalue weighted by atomic mass is 12.0. The van der Waals surface area contributed by atoms with Gasteiger partial charge in [0.25, 0.3) is 0 Å². The van der Waals surface area contributed by atoms with E-state index in [1.807, 2.05) is 0 Å². The van der Waals surface area contributed by atoms with Crippen molar-refractivity contribution in [2.45, 2.75) is 22.3 Å². The second kappa shape index (κ2) is 140. The van der Waals surface area contributed by atoms with E-state index in [1.165, 1.54) is 0 Å². The molecule has 0 amide bonds. The molecule has 0 radical (unpaired) electrons. The summed E-state index contributed by atoms with van der Waals surface area (Å²) >= 11 is 0. The molecule has 0 saturated carbocycles. The largest absolute Gasteiger partial charge is 0.197 e. The van der Waals surface area contributed by atoms with Gasteiger partial charge in [-0.3, -0.25) is 0 Å². The summed E-state index contributed by atoms with van der Waals surface area (Å²) in [6, 6.07) is 0. The highest BCUT2D eigenvalue weighted by Crippen LogP contribution is 0.650. The minimum absolute atomic E-state index is 0. The summed E-state index contributed by atoms with van der Waals surface area (Å²) in [6.07, 6.45) is 0. The van der Waals surface area contributed by atoms with Gasteiger partial charge in [0.2, 0.25) is 0 Å². The van der Waals surface area contributed by atoms with Crippen LogP contribution in [0.15, 0.2) is 0 Å². The topological polar surface area (TPSA) is 0 Å². The van der Waals surface area contributed by atoms with Gasteiger partial charge in [0, 0.05) is 0 Å². The van der Waals surface area contributed by atoms with Crippen molar-refractivity contribution in [1.82, 2.24) is 0 Å². The maximum absolute atomic E-state index is 0. The maximum Gasteiger partial charge on any atom is -0.0776 e. The Hall–Kier alpha value is 1.05. The predicted octanol–water partition coefficient (Wildman–Crippen LogP) is 2.25. The van der Waals surface area contributed by atoms with E-state index in [4.69, 9.17) is 0 Å². The van der Waals surface area contributed by atoms with Crippen molar-refractivity contribution in [3.05, 3.63) is 0 Å². The van der Waals surface area contributed by atoms with Gasteiger partial charge in [0.1, 0.15) is 0 Å². The molecule has 0 nitrogen and oxygen atoms in total. The molecule has 0 heterocycles. The van der Waals surface area contributed by atoms with Gasteiger partial charge < -0.3 is 0 Å². The van der Waals surface area contributed by atoms with Gasteiger partial charge in [-0.2, -0.15) is 40.5 Å². The fraction of sp³-hybridized carbons (Fsp3) is 1.00. The van der Waals surface area contributed by atoms with E-state index in [2.05, 4.69) is 0 Å². The zero-order valence-corrected chi connectivity index (χ0v) is 4.50. The molecule has 0 atom stereocenters. The Bertz CT molecular complexity index is 6.00. The lowest BCUT2D eigenvalue weighted by Gasteiger charge is -0.198. The van der Waals surface area contributed by atoms with Gasteiger partial charge in [-0.15, -0.1) is 0 Å².